The number of nitrogens with zero attached hydrogens (tertiary/aromatic N) is 2. The van der Waals surface area contributed by atoms with Crippen LogP contribution in [-0.2, 0) is 4.84 Å². The van der Waals surface area contributed by atoms with Crippen molar-refractivity contribution in [2.45, 2.75) is 13.8 Å². The van der Waals surface area contributed by atoms with E-state index in [1.807, 2.05) is 49.4 Å². The number of benzene rings is 2. The molecule has 26 heavy (non-hydrogen) atoms. The quantitative estimate of drug-likeness (QED) is 0.227. The van der Waals surface area contributed by atoms with E-state index in [-0.39, 0.29) is 0 Å². The van der Waals surface area contributed by atoms with Gasteiger partial charge in [0, 0.05) is 11.3 Å². The molecule has 0 radical (unpaired) electrons. The summed E-state index contributed by atoms with van der Waals surface area (Å²) < 4.78 is 2.17. The minimum atomic E-state index is 0.382. The van der Waals surface area contributed by atoms with E-state index in [9.17, 15) is 0 Å². The summed E-state index contributed by atoms with van der Waals surface area (Å²) in [5.41, 5.74) is 6.00. The van der Waals surface area contributed by atoms with E-state index in [1.165, 1.54) is 0 Å². The van der Waals surface area contributed by atoms with Crippen molar-refractivity contribution in [3.05, 3.63) is 89.6 Å². The minimum absolute atomic E-state index is 0.382. The van der Waals surface area contributed by atoms with Gasteiger partial charge in [-0.05, 0) is 37.6 Å². The molecule has 1 aromatic heterocycles. The first-order valence-electron chi connectivity index (χ1n) is 8.44. The predicted octanol–water partition coefficient (Wildman–Crippen LogP) is 6.03. The van der Waals surface area contributed by atoms with E-state index >= 15 is 0 Å². The molecule has 3 nitrogen and oxygen atoms in total. The van der Waals surface area contributed by atoms with Crippen molar-refractivity contribution in [2.75, 3.05) is 6.61 Å². The average Bonchev–Trinajstić information content (AvgIpc) is 3.00. The summed E-state index contributed by atoms with van der Waals surface area (Å²) in [6, 6.07) is 20.2. The number of rotatable bonds is 6. The van der Waals surface area contributed by atoms with E-state index < -0.39 is 0 Å². The normalized spacial score (nSPS) is 11.4. The molecule has 0 N–H and O–H groups in total. The van der Waals surface area contributed by atoms with Gasteiger partial charge < -0.3 is 9.40 Å². The highest BCUT2D eigenvalue weighted by molar-refractivity contribution is 6.32. The third-order valence-electron chi connectivity index (χ3n) is 4.19. The zero-order valence-corrected chi connectivity index (χ0v) is 15.7. The fourth-order valence-electron chi connectivity index (χ4n) is 2.97. The summed E-state index contributed by atoms with van der Waals surface area (Å²) in [4.78, 5) is 5.27. The monoisotopic (exact) mass is 364 g/mol. The Balaban J connectivity index is 2.20. The highest BCUT2D eigenvalue weighted by atomic mass is 35.5. The lowest BCUT2D eigenvalue weighted by Crippen LogP contribution is -2.03. The van der Waals surface area contributed by atoms with Crippen molar-refractivity contribution in [2.24, 2.45) is 5.16 Å². The van der Waals surface area contributed by atoms with E-state index in [2.05, 4.69) is 41.4 Å². The molecule has 0 unspecified atom stereocenters. The smallest absolute Gasteiger partial charge is 0.135 e. The second-order valence-corrected chi connectivity index (χ2v) is 6.35. The molecule has 3 aromatic rings. The van der Waals surface area contributed by atoms with Gasteiger partial charge in [0.1, 0.15) is 6.61 Å². The minimum Gasteiger partial charge on any atom is -0.391 e. The highest BCUT2D eigenvalue weighted by Gasteiger charge is 2.18. The number of para-hydroxylation sites is 1. The first kappa shape index (κ1) is 18.0. The molecule has 0 fully saturated rings. The van der Waals surface area contributed by atoms with E-state index in [0.29, 0.717) is 11.6 Å². The topological polar surface area (TPSA) is 26.5 Å². The van der Waals surface area contributed by atoms with Crippen LogP contribution in [0.25, 0.3) is 16.9 Å². The van der Waals surface area contributed by atoms with E-state index in [1.54, 1.807) is 6.08 Å². The van der Waals surface area contributed by atoms with Crippen LogP contribution in [0.2, 0.25) is 5.02 Å². The summed E-state index contributed by atoms with van der Waals surface area (Å²) in [6.07, 6.45) is 1.67. The maximum atomic E-state index is 6.49. The Morgan fingerprint density at radius 1 is 1.15 bits per heavy atom. The molecule has 0 atom stereocenters. The Bertz CT molecular complexity index is 942. The summed E-state index contributed by atoms with van der Waals surface area (Å²) >= 11 is 6.49. The van der Waals surface area contributed by atoms with Gasteiger partial charge in [0.2, 0.25) is 0 Å². The Morgan fingerprint density at radius 2 is 1.85 bits per heavy atom. The number of hydrogen-bond acceptors (Lipinski definition) is 2. The van der Waals surface area contributed by atoms with Gasteiger partial charge in [-0.2, -0.15) is 0 Å². The number of oxime groups is 1. The second kappa shape index (κ2) is 8.07. The Kier molecular flexibility index (Phi) is 5.59. The standard InChI is InChI=1S/C22H21ClN2O/c1-4-14-26-24-16(2)19-15-22(18-10-6-5-7-11-18)25(17(19)3)21-13-9-8-12-20(21)23/h4-13,15H,1,14H2,2-3H3. The maximum Gasteiger partial charge on any atom is 0.135 e. The van der Waals surface area contributed by atoms with Gasteiger partial charge in [-0.1, -0.05) is 71.9 Å². The molecule has 0 bridgehead atoms. The Morgan fingerprint density at radius 3 is 2.54 bits per heavy atom. The van der Waals surface area contributed by atoms with Gasteiger partial charge in [0.05, 0.1) is 22.1 Å². The lowest BCUT2D eigenvalue weighted by Gasteiger charge is -2.14. The lowest BCUT2D eigenvalue weighted by molar-refractivity contribution is 0.175. The van der Waals surface area contributed by atoms with E-state index in [4.69, 9.17) is 16.4 Å². The summed E-state index contributed by atoms with van der Waals surface area (Å²) in [6.45, 7) is 8.03. The molecule has 0 aliphatic rings. The van der Waals surface area contributed by atoms with Crippen LogP contribution in [0.5, 0.6) is 0 Å². The molecule has 3 rings (SSSR count). The molecule has 0 saturated carbocycles. The van der Waals surface area contributed by atoms with Crippen LogP contribution >= 0.6 is 11.6 Å². The summed E-state index contributed by atoms with van der Waals surface area (Å²) in [7, 11) is 0. The zero-order chi connectivity index (χ0) is 18.5. The molecule has 132 valence electrons. The molecular weight excluding hydrogens is 344 g/mol. The van der Waals surface area contributed by atoms with Gasteiger partial charge >= 0.3 is 0 Å². The van der Waals surface area contributed by atoms with Gasteiger partial charge in [0.15, 0.2) is 0 Å². The van der Waals surface area contributed by atoms with Crippen LogP contribution < -0.4 is 0 Å². The lowest BCUT2D eigenvalue weighted by atomic mass is 10.1. The highest BCUT2D eigenvalue weighted by Crippen LogP contribution is 2.32. The average molecular weight is 365 g/mol. The van der Waals surface area contributed by atoms with Crippen molar-refractivity contribution in [3.8, 4) is 16.9 Å². The molecule has 0 aliphatic heterocycles. The fourth-order valence-corrected chi connectivity index (χ4v) is 3.19. The molecule has 2 aromatic carbocycles. The van der Waals surface area contributed by atoms with Crippen molar-refractivity contribution < 1.29 is 4.84 Å². The van der Waals surface area contributed by atoms with Crippen LogP contribution in [0.15, 0.2) is 78.5 Å². The molecule has 1 heterocycles. The van der Waals surface area contributed by atoms with Crippen molar-refractivity contribution in [3.63, 3.8) is 0 Å². The molecule has 0 aliphatic carbocycles. The van der Waals surface area contributed by atoms with Crippen molar-refractivity contribution >= 4 is 17.3 Å². The fraction of sp³-hybridized carbons (Fsp3) is 0.136. The molecule has 0 saturated heterocycles. The van der Waals surface area contributed by atoms with Gasteiger partial charge in [-0.15, -0.1) is 0 Å². The third-order valence-corrected chi connectivity index (χ3v) is 4.51. The van der Waals surface area contributed by atoms with Crippen molar-refractivity contribution in [1.82, 2.24) is 4.57 Å². The maximum absolute atomic E-state index is 6.49. The SMILES string of the molecule is C=CCON=C(C)c1cc(-c2ccccc2)n(-c2ccccc2Cl)c1C. The predicted molar refractivity (Wildman–Crippen MR) is 109 cm³/mol. The van der Waals surface area contributed by atoms with Gasteiger partial charge in [-0.3, -0.25) is 0 Å². The summed E-state index contributed by atoms with van der Waals surface area (Å²) in [5.74, 6) is 0. The Hall–Kier alpha value is -2.78. The van der Waals surface area contributed by atoms with Gasteiger partial charge in [-0.25, -0.2) is 0 Å². The van der Waals surface area contributed by atoms with Crippen LogP contribution in [0.3, 0.4) is 0 Å². The number of halogens is 1. The zero-order valence-electron chi connectivity index (χ0n) is 14.9. The Labute approximate surface area is 159 Å². The van der Waals surface area contributed by atoms with E-state index in [0.717, 1.165) is 33.9 Å². The van der Waals surface area contributed by atoms with Crippen LogP contribution in [0.1, 0.15) is 18.2 Å². The number of hydrogen-bond donors (Lipinski definition) is 0. The first-order valence-corrected chi connectivity index (χ1v) is 8.81. The molecule has 0 spiro atoms. The largest absolute Gasteiger partial charge is 0.391 e. The molecule has 0 amide bonds. The number of aromatic nitrogens is 1. The van der Waals surface area contributed by atoms with Crippen LogP contribution in [0.4, 0.5) is 0 Å². The molecular formula is C22H21ClN2O. The van der Waals surface area contributed by atoms with Crippen molar-refractivity contribution in [1.29, 1.82) is 0 Å². The summed E-state index contributed by atoms with van der Waals surface area (Å²) in [5, 5.41) is 4.91. The first-order chi connectivity index (χ1) is 12.6. The molecule has 4 heteroatoms. The van der Waals surface area contributed by atoms with Crippen LogP contribution in [-0.4, -0.2) is 16.9 Å². The third kappa shape index (κ3) is 3.58. The second-order valence-electron chi connectivity index (χ2n) is 5.94. The van der Waals surface area contributed by atoms with Gasteiger partial charge in [0.25, 0.3) is 0 Å². The van der Waals surface area contributed by atoms with Crippen LogP contribution in [0, 0.1) is 6.92 Å².